The van der Waals surface area contributed by atoms with Gasteiger partial charge in [0.15, 0.2) is 0 Å². The van der Waals surface area contributed by atoms with Crippen LogP contribution in [0.25, 0.3) is 6.08 Å². The van der Waals surface area contributed by atoms with Crippen molar-refractivity contribution in [2.24, 2.45) is 0 Å². The number of carbonyl (C=O) groups excluding carboxylic acids is 1. The van der Waals surface area contributed by atoms with E-state index >= 15 is 0 Å². The number of carboxylic acid groups (broad SMARTS) is 1. The van der Waals surface area contributed by atoms with Gasteiger partial charge in [0, 0.05) is 16.9 Å². The summed E-state index contributed by atoms with van der Waals surface area (Å²) >= 11 is 0. The van der Waals surface area contributed by atoms with E-state index in [2.05, 4.69) is 4.74 Å². The van der Waals surface area contributed by atoms with Crippen molar-refractivity contribution in [2.75, 3.05) is 11.5 Å². The van der Waals surface area contributed by atoms with Gasteiger partial charge in [-0.25, -0.2) is 9.59 Å². The van der Waals surface area contributed by atoms with Crippen LogP contribution in [0.4, 0.5) is 28.9 Å². The molecule has 41 heavy (non-hydrogen) atoms. The van der Waals surface area contributed by atoms with Crippen LogP contribution >= 0.6 is 0 Å². The summed E-state index contributed by atoms with van der Waals surface area (Å²) in [5, 5.41) is 9.60. The van der Waals surface area contributed by atoms with Crippen LogP contribution in [0.5, 0.6) is 11.5 Å². The van der Waals surface area contributed by atoms with Gasteiger partial charge >= 0.3 is 24.5 Å². The minimum absolute atomic E-state index is 0.0215. The Hall–Kier alpha value is -4.54. The van der Waals surface area contributed by atoms with Crippen molar-refractivity contribution >= 4 is 29.4 Å². The van der Waals surface area contributed by atoms with E-state index in [0.29, 0.717) is 29.8 Å². The first-order valence-corrected chi connectivity index (χ1v) is 12.8. The lowest BCUT2D eigenvalue weighted by molar-refractivity contribution is -0.253. The summed E-state index contributed by atoms with van der Waals surface area (Å²) in [6.45, 7) is 0. The maximum absolute atomic E-state index is 13.0. The van der Waals surface area contributed by atoms with Crippen molar-refractivity contribution in [1.82, 2.24) is 0 Å². The number of ether oxygens (including phenoxy) is 2. The largest absolute Gasteiger partial charge is 0.478 e. The Morgan fingerprint density at radius 1 is 0.878 bits per heavy atom. The molecule has 0 saturated carbocycles. The molecular weight excluding hydrogens is 544 g/mol. The van der Waals surface area contributed by atoms with Gasteiger partial charge in [-0.2, -0.15) is 17.6 Å². The lowest BCUT2D eigenvalue weighted by Gasteiger charge is -2.16. The Labute approximate surface area is 234 Å². The zero-order chi connectivity index (χ0) is 30.0. The molecule has 3 aromatic carbocycles. The first kappa shape index (κ1) is 31.0. The fourth-order valence-electron chi connectivity index (χ4n) is 3.93. The van der Waals surface area contributed by atoms with Crippen molar-refractivity contribution < 1.29 is 41.7 Å². The normalized spacial score (nSPS) is 11.9. The lowest BCUT2D eigenvalue weighted by atomic mass is 10.0. The number of esters is 1. The molecule has 0 unspecified atom stereocenters. The molecule has 0 aliphatic carbocycles. The van der Waals surface area contributed by atoms with Crippen LogP contribution in [0.1, 0.15) is 53.6 Å². The van der Waals surface area contributed by atoms with Crippen molar-refractivity contribution in [2.45, 2.75) is 51.1 Å². The molecule has 3 aromatic rings. The third kappa shape index (κ3) is 9.55. The predicted molar refractivity (Wildman–Crippen MR) is 147 cm³/mol. The van der Waals surface area contributed by atoms with Crippen molar-refractivity contribution in [3.63, 3.8) is 0 Å². The highest BCUT2D eigenvalue weighted by Crippen LogP contribution is 2.28. The van der Waals surface area contributed by atoms with Gasteiger partial charge in [0.2, 0.25) is 0 Å². The second kappa shape index (κ2) is 14.2. The fourth-order valence-corrected chi connectivity index (χ4v) is 3.93. The maximum Gasteiger partial charge on any atom is 0.461 e. The number of aryl methyl sites for hydroxylation is 1. The Bertz CT molecular complexity index is 1360. The minimum Gasteiger partial charge on any atom is -0.478 e. The monoisotopic (exact) mass is 574 g/mol. The zero-order valence-electron chi connectivity index (χ0n) is 22.0. The molecule has 0 radical (unpaired) electrons. The highest BCUT2D eigenvalue weighted by Gasteiger charge is 2.43. The molecule has 0 atom stereocenters. The molecule has 0 fully saturated rings. The predicted octanol–water partition coefficient (Wildman–Crippen LogP) is 6.97. The maximum atomic E-state index is 13.0. The van der Waals surface area contributed by atoms with Crippen molar-refractivity contribution in [3.05, 3.63) is 89.0 Å². The molecule has 0 aliphatic rings. The summed E-state index contributed by atoms with van der Waals surface area (Å²) in [4.78, 5) is 24.1. The Morgan fingerprint density at radius 3 is 2.12 bits per heavy atom. The van der Waals surface area contributed by atoms with Crippen LogP contribution < -0.4 is 20.9 Å². The van der Waals surface area contributed by atoms with E-state index in [9.17, 15) is 32.3 Å². The number of rotatable bonds is 14. The van der Waals surface area contributed by atoms with Gasteiger partial charge in [-0.3, -0.25) is 0 Å². The van der Waals surface area contributed by atoms with E-state index in [1.807, 2.05) is 12.1 Å². The second-order valence-corrected chi connectivity index (χ2v) is 9.29. The van der Waals surface area contributed by atoms with Gasteiger partial charge in [-0.1, -0.05) is 31.0 Å². The first-order valence-electron chi connectivity index (χ1n) is 12.8. The molecule has 0 saturated heterocycles. The van der Waals surface area contributed by atoms with E-state index < -0.39 is 30.2 Å². The van der Waals surface area contributed by atoms with E-state index in [-0.39, 0.29) is 16.9 Å². The number of unbranched alkanes of at least 4 members (excludes halogenated alkanes) is 3. The number of carbonyl (C=O) groups is 2. The summed E-state index contributed by atoms with van der Waals surface area (Å²) < 4.78 is 59.7. The van der Waals surface area contributed by atoms with Gasteiger partial charge in [-0.05, 0) is 91.4 Å². The van der Waals surface area contributed by atoms with Gasteiger partial charge in [0.05, 0.1) is 5.56 Å². The van der Waals surface area contributed by atoms with Crippen LogP contribution in [0, 0.1) is 0 Å². The molecule has 11 heteroatoms. The molecule has 3 rings (SSSR count). The molecule has 0 aliphatic heterocycles. The highest BCUT2D eigenvalue weighted by atomic mass is 19.3. The van der Waals surface area contributed by atoms with Gasteiger partial charge in [0.1, 0.15) is 11.5 Å². The molecule has 7 nitrogen and oxygen atoms in total. The third-order valence-corrected chi connectivity index (χ3v) is 6.12. The van der Waals surface area contributed by atoms with E-state index in [1.54, 1.807) is 24.3 Å². The molecule has 0 spiro atoms. The van der Waals surface area contributed by atoms with Gasteiger partial charge in [0.25, 0.3) is 0 Å². The minimum atomic E-state index is -4.66. The molecular formula is C30H30F4N2O5. The Morgan fingerprint density at radius 2 is 1.51 bits per heavy atom. The van der Waals surface area contributed by atoms with E-state index in [0.717, 1.165) is 55.5 Å². The fraction of sp³-hybridized carbons (Fsp3) is 0.267. The van der Waals surface area contributed by atoms with Crippen LogP contribution in [0.2, 0.25) is 0 Å². The number of nitrogen functional groups attached to an aromatic ring is 2. The number of hydrogen-bond donors (Lipinski definition) is 3. The number of hydrogen-bond acceptors (Lipinski definition) is 6. The summed E-state index contributed by atoms with van der Waals surface area (Å²) in [6, 6.07) is 15.7. The van der Waals surface area contributed by atoms with Gasteiger partial charge < -0.3 is 26.0 Å². The Kier molecular flexibility index (Phi) is 10.7. The first-order chi connectivity index (χ1) is 19.4. The molecule has 0 aromatic heterocycles. The van der Waals surface area contributed by atoms with E-state index in [4.69, 9.17) is 16.2 Å². The number of nitrogens with two attached hydrogens (primary N) is 2. The number of halogens is 4. The molecule has 0 amide bonds. The van der Waals surface area contributed by atoms with Crippen LogP contribution in [-0.4, -0.2) is 29.6 Å². The van der Waals surface area contributed by atoms with Crippen molar-refractivity contribution in [1.29, 1.82) is 0 Å². The zero-order valence-corrected chi connectivity index (χ0v) is 22.0. The summed E-state index contributed by atoms with van der Waals surface area (Å²) in [7, 11) is 0. The average molecular weight is 575 g/mol. The van der Waals surface area contributed by atoms with E-state index in [1.165, 1.54) is 12.1 Å². The molecule has 218 valence electrons. The number of benzene rings is 3. The second-order valence-electron chi connectivity index (χ2n) is 9.29. The number of anilines is 2. The highest BCUT2D eigenvalue weighted by molar-refractivity contribution is 5.92. The lowest BCUT2D eigenvalue weighted by Crippen LogP contribution is -2.33. The molecule has 0 heterocycles. The SMILES string of the molecule is Nc1ccc(CCCCCC/C(=C\c2ccc(OC(=O)c3ccc(OC(F)(F)C(F)F)cc3)cc2)C(=O)O)c(N)c1. The smallest absolute Gasteiger partial charge is 0.461 e. The third-order valence-electron chi connectivity index (χ3n) is 6.12. The number of aliphatic carboxylic acids is 1. The molecule has 0 bridgehead atoms. The standard InChI is InChI=1S/C30H30F4N2O5/c31-29(32)30(33,34)41-25-15-10-21(11-16-25)28(39)40-24-13-7-19(8-14-24)17-22(27(37)38)6-4-2-1-3-5-20-9-12-23(35)18-26(20)36/h7-18,29H,1-6,35-36H2,(H,37,38)/b22-17+. The number of alkyl halides is 4. The topological polar surface area (TPSA) is 125 Å². The van der Waals surface area contributed by atoms with Crippen molar-refractivity contribution in [3.8, 4) is 11.5 Å². The van der Waals surface area contributed by atoms with Crippen LogP contribution in [0.3, 0.4) is 0 Å². The average Bonchev–Trinajstić information content (AvgIpc) is 2.91. The summed E-state index contributed by atoms with van der Waals surface area (Å²) in [5.41, 5.74) is 14.9. The Balaban J connectivity index is 1.48. The quantitative estimate of drug-likeness (QED) is 0.0474. The van der Waals surface area contributed by atoms with Crippen LogP contribution in [0.15, 0.2) is 72.3 Å². The van der Waals surface area contributed by atoms with Gasteiger partial charge in [-0.15, -0.1) is 0 Å². The molecule has 5 N–H and O–H groups in total. The van der Waals surface area contributed by atoms with Crippen LogP contribution in [-0.2, 0) is 11.2 Å². The number of carboxylic acids is 1. The summed E-state index contributed by atoms with van der Waals surface area (Å²) in [5.74, 6) is -2.21. The summed E-state index contributed by atoms with van der Waals surface area (Å²) in [6.07, 6.45) is -2.49.